The molecule has 28 heavy (non-hydrogen) atoms. The summed E-state index contributed by atoms with van der Waals surface area (Å²) in [6, 6.07) is 13.1. The van der Waals surface area contributed by atoms with Crippen LogP contribution in [0, 0.1) is 5.82 Å². The molecule has 0 saturated carbocycles. The minimum absolute atomic E-state index is 0.0777. The third kappa shape index (κ3) is 5.17. The first-order valence-corrected chi connectivity index (χ1v) is 9.20. The van der Waals surface area contributed by atoms with E-state index in [0.29, 0.717) is 5.17 Å². The van der Waals surface area contributed by atoms with Gasteiger partial charge >= 0.3 is 0 Å². The predicted molar refractivity (Wildman–Crippen MR) is 107 cm³/mol. The second kappa shape index (κ2) is 9.14. The van der Waals surface area contributed by atoms with Crippen molar-refractivity contribution in [1.29, 1.82) is 0 Å². The Morgan fingerprint density at radius 3 is 2.75 bits per heavy atom. The van der Waals surface area contributed by atoms with Crippen molar-refractivity contribution in [2.24, 2.45) is 10.2 Å². The number of carbonyl (C=O) groups is 2. The van der Waals surface area contributed by atoms with Gasteiger partial charge in [-0.2, -0.15) is 5.10 Å². The normalized spacial score (nSPS) is 17.7. The second-order valence-electron chi connectivity index (χ2n) is 5.75. The molecule has 7 nitrogen and oxygen atoms in total. The molecule has 9 heteroatoms. The molecular formula is C19H17FN4O3S. The van der Waals surface area contributed by atoms with Crippen LogP contribution in [-0.2, 0) is 9.59 Å². The first-order chi connectivity index (χ1) is 13.5. The average molecular weight is 400 g/mol. The number of thioether (sulfide) groups is 1. The van der Waals surface area contributed by atoms with Crippen LogP contribution in [0.3, 0.4) is 0 Å². The third-order valence-electron chi connectivity index (χ3n) is 3.77. The molecule has 1 heterocycles. The van der Waals surface area contributed by atoms with Gasteiger partial charge in [-0.1, -0.05) is 23.9 Å². The van der Waals surface area contributed by atoms with Crippen LogP contribution in [0.5, 0.6) is 5.75 Å². The van der Waals surface area contributed by atoms with Crippen molar-refractivity contribution in [1.82, 2.24) is 5.32 Å². The van der Waals surface area contributed by atoms with Crippen LogP contribution in [0.25, 0.3) is 0 Å². The van der Waals surface area contributed by atoms with Crippen molar-refractivity contribution in [2.45, 2.75) is 11.7 Å². The SMILES string of the molecule is COc1ccc(/C=N\N=C2/NC(=O)[C@@H](CC(=O)Nc3ccccc3F)S2)cc1. The summed E-state index contributed by atoms with van der Waals surface area (Å²) in [7, 11) is 1.59. The summed E-state index contributed by atoms with van der Waals surface area (Å²) in [6.45, 7) is 0. The first kappa shape index (κ1) is 19.6. The minimum Gasteiger partial charge on any atom is -0.497 e. The number of ether oxygens (including phenoxy) is 1. The lowest BCUT2D eigenvalue weighted by Crippen LogP contribution is -2.28. The van der Waals surface area contributed by atoms with Gasteiger partial charge in [0.1, 0.15) is 16.8 Å². The molecular weight excluding hydrogens is 383 g/mol. The fourth-order valence-corrected chi connectivity index (χ4v) is 3.28. The largest absolute Gasteiger partial charge is 0.497 e. The number of para-hydroxylation sites is 1. The first-order valence-electron chi connectivity index (χ1n) is 8.32. The molecule has 3 rings (SSSR count). The van der Waals surface area contributed by atoms with Gasteiger partial charge in [-0.3, -0.25) is 9.59 Å². The number of carbonyl (C=O) groups excluding carboxylic acids is 2. The zero-order chi connectivity index (χ0) is 19.9. The van der Waals surface area contributed by atoms with Crippen molar-refractivity contribution in [2.75, 3.05) is 12.4 Å². The number of hydrogen-bond donors (Lipinski definition) is 2. The Balaban J connectivity index is 1.55. The van der Waals surface area contributed by atoms with Crippen molar-refractivity contribution >= 4 is 40.6 Å². The maximum Gasteiger partial charge on any atom is 0.240 e. The number of methoxy groups -OCH3 is 1. The fourth-order valence-electron chi connectivity index (χ4n) is 2.36. The van der Waals surface area contributed by atoms with E-state index in [1.165, 1.54) is 24.4 Å². The van der Waals surface area contributed by atoms with E-state index in [-0.39, 0.29) is 18.0 Å². The molecule has 2 aromatic rings. The molecule has 0 spiro atoms. The molecule has 2 N–H and O–H groups in total. The number of halogens is 1. The van der Waals surface area contributed by atoms with Gasteiger partial charge in [-0.25, -0.2) is 4.39 Å². The van der Waals surface area contributed by atoms with Gasteiger partial charge in [0.05, 0.1) is 19.0 Å². The number of anilines is 1. The van der Waals surface area contributed by atoms with Gasteiger partial charge < -0.3 is 15.4 Å². The van der Waals surface area contributed by atoms with Crippen LogP contribution in [-0.4, -0.2) is 35.6 Å². The molecule has 0 aliphatic carbocycles. The highest BCUT2D eigenvalue weighted by Gasteiger charge is 2.32. The Labute approximate surface area is 165 Å². The highest BCUT2D eigenvalue weighted by Crippen LogP contribution is 2.23. The van der Waals surface area contributed by atoms with Gasteiger partial charge in [0.25, 0.3) is 0 Å². The molecule has 144 valence electrons. The third-order valence-corrected chi connectivity index (χ3v) is 4.84. The van der Waals surface area contributed by atoms with Gasteiger partial charge in [0.15, 0.2) is 5.17 Å². The Morgan fingerprint density at radius 2 is 2.04 bits per heavy atom. The molecule has 0 unspecified atom stereocenters. The molecule has 0 bridgehead atoms. The summed E-state index contributed by atoms with van der Waals surface area (Å²) in [5.74, 6) is -0.596. The molecule has 0 radical (unpaired) electrons. The highest BCUT2D eigenvalue weighted by molar-refractivity contribution is 8.15. The van der Waals surface area contributed by atoms with Crippen LogP contribution in [0.15, 0.2) is 58.7 Å². The summed E-state index contributed by atoms with van der Waals surface area (Å²) in [6.07, 6.45) is 1.43. The summed E-state index contributed by atoms with van der Waals surface area (Å²) >= 11 is 1.10. The Kier molecular flexibility index (Phi) is 6.38. The van der Waals surface area contributed by atoms with Crippen LogP contribution in [0.4, 0.5) is 10.1 Å². The van der Waals surface area contributed by atoms with Gasteiger partial charge in [0.2, 0.25) is 11.8 Å². The number of rotatable bonds is 6. The zero-order valence-electron chi connectivity index (χ0n) is 14.9. The number of nitrogens with zero attached hydrogens (tertiary/aromatic N) is 2. The van der Waals surface area contributed by atoms with E-state index in [1.54, 1.807) is 25.3 Å². The van der Waals surface area contributed by atoms with E-state index < -0.39 is 17.0 Å². The summed E-state index contributed by atoms with van der Waals surface area (Å²) < 4.78 is 18.7. The van der Waals surface area contributed by atoms with Crippen molar-refractivity contribution in [3.8, 4) is 5.75 Å². The van der Waals surface area contributed by atoms with Crippen LogP contribution < -0.4 is 15.4 Å². The minimum atomic E-state index is -0.651. The molecule has 2 amide bonds. The summed E-state index contributed by atoms with van der Waals surface area (Å²) in [4.78, 5) is 24.1. The molecule has 1 aliphatic rings. The lowest BCUT2D eigenvalue weighted by atomic mass is 10.2. The van der Waals surface area contributed by atoms with E-state index >= 15 is 0 Å². The smallest absolute Gasteiger partial charge is 0.240 e. The molecule has 1 atom stereocenters. The number of amides is 2. The monoisotopic (exact) mass is 400 g/mol. The van der Waals surface area contributed by atoms with Crippen molar-refractivity contribution in [3.63, 3.8) is 0 Å². The van der Waals surface area contributed by atoms with Crippen molar-refractivity contribution < 1.29 is 18.7 Å². The molecule has 1 fully saturated rings. The average Bonchev–Trinajstić information content (AvgIpc) is 3.03. The quantitative estimate of drug-likeness (QED) is 0.576. The van der Waals surface area contributed by atoms with Gasteiger partial charge in [-0.05, 0) is 42.0 Å². The lowest BCUT2D eigenvalue weighted by Gasteiger charge is -2.07. The van der Waals surface area contributed by atoms with Crippen LogP contribution in [0.2, 0.25) is 0 Å². The summed E-state index contributed by atoms with van der Waals surface area (Å²) in [5, 5.41) is 12.6. The van der Waals surface area contributed by atoms with Crippen LogP contribution >= 0.6 is 11.8 Å². The molecule has 1 aliphatic heterocycles. The van der Waals surface area contributed by atoms with E-state index in [4.69, 9.17) is 4.74 Å². The van der Waals surface area contributed by atoms with E-state index in [0.717, 1.165) is 23.1 Å². The maximum absolute atomic E-state index is 13.6. The Bertz CT molecular complexity index is 931. The number of benzene rings is 2. The predicted octanol–water partition coefficient (Wildman–Crippen LogP) is 2.78. The van der Waals surface area contributed by atoms with Gasteiger partial charge in [0, 0.05) is 6.42 Å². The topological polar surface area (TPSA) is 92.2 Å². The Hall–Kier alpha value is -3.20. The molecule has 2 aromatic carbocycles. The van der Waals surface area contributed by atoms with Crippen molar-refractivity contribution in [3.05, 3.63) is 59.9 Å². The number of nitrogens with one attached hydrogen (secondary N) is 2. The summed E-state index contributed by atoms with van der Waals surface area (Å²) in [5.41, 5.74) is 0.897. The Morgan fingerprint density at radius 1 is 1.29 bits per heavy atom. The molecule has 1 saturated heterocycles. The second-order valence-corrected chi connectivity index (χ2v) is 6.94. The lowest BCUT2D eigenvalue weighted by molar-refractivity contribution is -0.122. The van der Waals surface area contributed by atoms with E-state index in [1.807, 2.05) is 12.1 Å². The number of amidine groups is 1. The fraction of sp³-hybridized carbons (Fsp3) is 0.158. The van der Waals surface area contributed by atoms with E-state index in [9.17, 15) is 14.0 Å². The molecule has 0 aromatic heterocycles. The number of hydrogen-bond acceptors (Lipinski definition) is 6. The van der Waals surface area contributed by atoms with E-state index in [2.05, 4.69) is 20.8 Å². The standard InChI is InChI=1S/C19H17FN4O3S/c1-27-13-8-6-12(7-9-13)11-21-24-19-23-18(26)16(28-19)10-17(25)22-15-5-3-2-4-14(15)20/h2-9,11,16H,10H2,1H3,(H,22,25)(H,23,24,26)/b21-11-/t16-/m1/s1. The van der Waals surface area contributed by atoms with Gasteiger partial charge in [-0.15, -0.1) is 5.10 Å². The highest BCUT2D eigenvalue weighted by atomic mass is 32.2. The maximum atomic E-state index is 13.6. The van der Waals surface area contributed by atoms with Crippen LogP contribution in [0.1, 0.15) is 12.0 Å². The zero-order valence-corrected chi connectivity index (χ0v) is 15.7.